The van der Waals surface area contributed by atoms with E-state index in [0.29, 0.717) is 13.0 Å². The van der Waals surface area contributed by atoms with E-state index in [1.54, 1.807) is 0 Å². The Morgan fingerprint density at radius 2 is 2.39 bits per heavy atom. The maximum atomic E-state index is 13.5. The Bertz CT molecular complexity index is 322. The molecule has 0 saturated carbocycles. The van der Waals surface area contributed by atoms with Crippen LogP contribution in [0.5, 0.6) is 0 Å². The van der Waals surface area contributed by atoms with Gasteiger partial charge < -0.3 is 19.9 Å². The lowest BCUT2D eigenvalue weighted by Gasteiger charge is -2.31. The first-order chi connectivity index (χ1) is 8.71. The zero-order valence-electron chi connectivity index (χ0n) is 10.5. The van der Waals surface area contributed by atoms with Gasteiger partial charge in [-0.15, -0.1) is 0 Å². The average Bonchev–Trinajstić information content (AvgIpc) is 2.40. The van der Waals surface area contributed by atoms with Crippen molar-refractivity contribution in [1.29, 1.82) is 0 Å². The molecule has 2 rings (SSSR count). The zero-order chi connectivity index (χ0) is 12.8. The number of ether oxygens (including phenoxy) is 2. The highest BCUT2D eigenvalue weighted by Crippen LogP contribution is 2.20. The summed E-state index contributed by atoms with van der Waals surface area (Å²) < 4.78 is 24.3. The molecule has 2 aliphatic rings. The monoisotopic (exact) mass is 257 g/mol. The van der Waals surface area contributed by atoms with E-state index in [2.05, 4.69) is 17.2 Å². The molecule has 2 heterocycles. The van der Waals surface area contributed by atoms with Gasteiger partial charge in [0.1, 0.15) is 6.61 Å². The van der Waals surface area contributed by atoms with Crippen molar-refractivity contribution >= 4 is 0 Å². The molecule has 18 heavy (non-hydrogen) atoms. The number of hydrogen-bond donors (Lipinski definition) is 2. The molecule has 0 spiro atoms. The highest BCUT2D eigenvalue weighted by atomic mass is 19.1. The zero-order valence-corrected chi connectivity index (χ0v) is 10.5. The van der Waals surface area contributed by atoms with Gasteiger partial charge in [-0.1, -0.05) is 11.8 Å². The molecule has 5 heteroatoms. The lowest BCUT2D eigenvalue weighted by molar-refractivity contribution is -0.154. The van der Waals surface area contributed by atoms with Crippen molar-refractivity contribution in [2.45, 2.75) is 43.7 Å². The van der Waals surface area contributed by atoms with Gasteiger partial charge >= 0.3 is 0 Å². The quantitative estimate of drug-likeness (QED) is 0.711. The first kappa shape index (κ1) is 13.8. The number of aliphatic hydroxyl groups is 1. The Morgan fingerprint density at radius 1 is 1.50 bits per heavy atom. The highest BCUT2D eigenvalue weighted by Gasteiger charge is 2.37. The predicted molar refractivity (Wildman–Crippen MR) is 64.7 cm³/mol. The predicted octanol–water partition coefficient (Wildman–Crippen LogP) is 0.595. The molecule has 0 radical (unpaired) electrons. The summed E-state index contributed by atoms with van der Waals surface area (Å²) in [6.45, 7) is 1.63. The smallest absolute Gasteiger partial charge is 0.158 e. The third kappa shape index (κ3) is 3.66. The molecular formula is C13H20FNO3. The number of nitrogens with one attached hydrogen (secondary N) is 1. The van der Waals surface area contributed by atoms with Crippen molar-refractivity contribution < 1.29 is 19.0 Å². The van der Waals surface area contributed by atoms with Crippen LogP contribution in [0.2, 0.25) is 0 Å². The fourth-order valence-corrected chi connectivity index (χ4v) is 2.14. The summed E-state index contributed by atoms with van der Waals surface area (Å²) in [4.78, 5) is 0. The van der Waals surface area contributed by atoms with Crippen molar-refractivity contribution in [1.82, 2.24) is 5.32 Å². The van der Waals surface area contributed by atoms with Crippen LogP contribution < -0.4 is 5.32 Å². The van der Waals surface area contributed by atoms with Crippen LogP contribution in [-0.4, -0.2) is 49.5 Å². The van der Waals surface area contributed by atoms with Gasteiger partial charge in [0.25, 0.3) is 0 Å². The third-order valence-electron chi connectivity index (χ3n) is 3.31. The molecule has 0 amide bonds. The van der Waals surface area contributed by atoms with Crippen LogP contribution >= 0.6 is 0 Å². The van der Waals surface area contributed by atoms with Crippen molar-refractivity contribution in [3.8, 4) is 11.8 Å². The first-order valence-electron chi connectivity index (χ1n) is 6.51. The summed E-state index contributed by atoms with van der Waals surface area (Å²) in [5.41, 5.74) is -1.53. The fraction of sp³-hybridized carbons (Fsp3) is 0.846. The molecule has 0 aromatic rings. The lowest BCUT2D eigenvalue weighted by Crippen LogP contribution is -2.51. The number of halogens is 1. The van der Waals surface area contributed by atoms with Gasteiger partial charge in [-0.25, -0.2) is 4.39 Å². The van der Waals surface area contributed by atoms with Gasteiger partial charge in [-0.2, -0.15) is 0 Å². The van der Waals surface area contributed by atoms with E-state index in [0.717, 1.165) is 25.9 Å². The third-order valence-corrected chi connectivity index (χ3v) is 3.31. The molecule has 2 aliphatic heterocycles. The fourth-order valence-electron chi connectivity index (χ4n) is 2.14. The van der Waals surface area contributed by atoms with Gasteiger partial charge in [-0.05, 0) is 25.8 Å². The normalized spacial score (nSPS) is 36.8. The Kier molecular flexibility index (Phi) is 4.95. The first-order valence-corrected chi connectivity index (χ1v) is 6.51. The van der Waals surface area contributed by atoms with Crippen molar-refractivity contribution in [3.05, 3.63) is 0 Å². The van der Waals surface area contributed by atoms with E-state index < -0.39 is 11.8 Å². The second-order valence-corrected chi connectivity index (χ2v) is 4.75. The Labute approximate surface area is 107 Å². The second-order valence-electron chi connectivity index (χ2n) is 4.75. The summed E-state index contributed by atoms with van der Waals surface area (Å²) in [6, 6.07) is 0. The maximum absolute atomic E-state index is 13.5. The van der Waals surface area contributed by atoms with Gasteiger partial charge in [0.2, 0.25) is 0 Å². The minimum Gasteiger partial charge on any atom is -0.374 e. The number of hydrogen-bond acceptors (Lipinski definition) is 4. The topological polar surface area (TPSA) is 50.7 Å². The van der Waals surface area contributed by atoms with Gasteiger partial charge in [0, 0.05) is 19.6 Å². The largest absolute Gasteiger partial charge is 0.374 e. The van der Waals surface area contributed by atoms with E-state index in [1.165, 1.54) is 0 Å². The van der Waals surface area contributed by atoms with Crippen molar-refractivity contribution in [3.63, 3.8) is 0 Å². The van der Waals surface area contributed by atoms with Crippen LogP contribution in [0.3, 0.4) is 0 Å². The standard InChI is InChI=1S/C13H20FNO3/c14-11-10-15-7-6-13(11,16)5-3-9-18-12-4-1-2-8-17-12/h11-12,15-16H,1-2,4,6-10H2. The number of alkyl halides is 1. The Hall–Kier alpha value is -0.670. The van der Waals surface area contributed by atoms with Crippen molar-refractivity contribution in [2.75, 3.05) is 26.3 Å². The average molecular weight is 257 g/mol. The van der Waals surface area contributed by atoms with Gasteiger partial charge in [0.15, 0.2) is 18.1 Å². The summed E-state index contributed by atoms with van der Waals surface area (Å²) in [7, 11) is 0. The molecule has 0 aliphatic carbocycles. The molecule has 102 valence electrons. The maximum Gasteiger partial charge on any atom is 0.158 e. The summed E-state index contributed by atoms with van der Waals surface area (Å²) in [5, 5.41) is 12.9. The second kappa shape index (κ2) is 6.48. The highest BCUT2D eigenvalue weighted by molar-refractivity contribution is 5.18. The van der Waals surface area contributed by atoms with Gasteiger partial charge in [-0.3, -0.25) is 0 Å². The van der Waals surface area contributed by atoms with E-state index in [1.807, 2.05) is 0 Å². The van der Waals surface area contributed by atoms with E-state index in [4.69, 9.17) is 9.47 Å². The van der Waals surface area contributed by atoms with Gasteiger partial charge in [0.05, 0.1) is 0 Å². The molecule has 2 N–H and O–H groups in total. The Balaban J connectivity index is 1.76. The van der Waals surface area contributed by atoms with E-state index in [9.17, 15) is 9.50 Å². The van der Waals surface area contributed by atoms with Crippen LogP contribution in [-0.2, 0) is 9.47 Å². The molecule has 3 unspecified atom stereocenters. The minimum atomic E-state index is -1.53. The minimum absolute atomic E-state index is 0.151. The van der Waals surface area contributed by atoms with E-state index in [-0.39, 0.29) is 19.4 Å². The molecule has 0 bridgehead atoms. The summed E-state index contributed by atoms with van der Waals surface area (Å²) >= 11 is 0. The molecule has 0 aromatic heterocycles. The van der Waals surface area contributed by atoms with E-state index >= 15 is 0 Å². The summed E-state index contributed by atoms with van der Waals surface area (Å²) in [5.74, 6) is 5.30. The van der Waals surface area contributed by atoms with Crippen LogP contribution in [0.25, 0.3) is 0 Å². The lowest BCUT2D eigenvalue weighted by atomic mass is 9.91. The van der Waals surface area contributed by atoms with Crippen LogP contribution in [0.1, 0.15) is 25.7 Å². The number of rotatable bonds is 2. The van der Waals surface area contributed by atoms with Crippen LogP contribution in [0, 0.1) is 11.8 Å². The number of piperidine rings is 1. The van der Waals surface area contributed by atoms with Crippen molar-refractivity contribution in [2.24, 2.45) is 0 Å². The summed E-state index contributed by atoms with van der Waals surface area (Å²) in [6.07, 6.45) is 1.81. The SMILES string of the molecule is OC1(C#CCOC2CCCCO2)CCNCC1F. The molecule has 3 atom stereocenters. The molecular weight excluding hydrogens is 237 g/mol. The van der Waals surface area contributed by atoms with Crippen LogP contribution in [0.15, 0.2) is 0 Å². The molecule has 2 fully saturated rings. The van der Waals surface area contributed by atoms with Crippen LogP contribution in [0.4, 0.5) is 4.39 Å². The molecule has 2 saturated heterocycles. The molecule has 0 aromatic carbocycles. The molecule has 4 nitrogen and oxygen atoms in total. The Morgan fingerprint density at radius 3 is 3.11 bits per heavy atom.